The van der Waals surface area contributed by atoms with Crippen molar-refractivity contribution in [2.45, 2.75) is 13.1 Å². The molecule has 0 aromatic heterocycles. The number of anilines is 1. The lowest BCUT2D eigenvalue weighted by Crippen LogP contribution is -2.12. The van der Waals surface area contributed by atoms with Crippen molar-refractivity contribution >= 4 is 11.7 Å². The van der Waals surface area contributed by atoms with Gasteiger partial charge in [-0.15, -0.1) is 0 Å². The standard InChI is InChI=1S/C10H10F3NO2/c1-5-3-6(9(15)16-2)8(14)4-7(5)10(11,12)13/h3-4H,14H2,1-2H3. The van der Waals surface area contributed by atoms with Gasteiger partial charge in [0.15, 0.2) is 0 Å². The molecule has 0 aliphatic rings. The molecule has 0 saturated carbocycles. The third kappa shape index (κ3) is 2.26. The van der Waals surface area contributed by atoms with Crippen LogP contribution in [0.15, 0.2) is 12.1 Å². The van der Waals surface area contributed by atoms with Crippen LogP contribution >= 0.6 is 0 Å². The molecule has 1 rings (SSSR count). The van der Waals surface area contributed by atoms with Gasteiger partial charge in [-0.25, -0.2) is 4.79 Å². The van der Waals surface area contributed by atoms with Crippen LogP contribution in [0.2, 0.25) is 0 Å². The van der Waals surface area contributed by atoms with Gasteiger partial charge in [0.25, 0.3) is 0 Å². The van der Waals surface area contributed by atoms with Gasteiger partial charge in [-0.3, -0.25) is 0 Å². The summed E-state index contributed by atoms with van der Waals surface area (Å²) < 4.78 is 41.8. The fourth-order valence-corrected chi connectivity index (χ4v) is 1.32. The number of ether oxygens (including phenoxy) is 1. The molecule has 1 aromatic carbocycles. The van der Waals surface area contributed by atoms with Crippen molar-refractivity contribution in [3.63, 3.8) is 0 Å². The molecule has 0 bridgehead atoms. The number of benzene rings is 1. The molecule has 88 valence electrons. The first-order valence-electron chi connectivity index (χ1n) is 4.33. The Balaban J connectivity index is 3.33. The number of rotatable bonds is 1. The number of alkyl halides is 3. The average Bonchev–Trinajstić information content (AvgIpc) is 2.18. The normalized spacial score (nSPS) is 11.3. The van der Waals surface area contributed by atoms with Crippen molar-refractivity contribution in [2.75, 3.05) is 12.8 Å². The molecule has 0 unspecified atom stereocenters. The molecule has 0 fully saturated rings. The minimum absolute atomic E-state index is 0.0620. The molecule has 0 heterocycles. The van der Waals surface area contributed by atoms with Crippen LogP contribution in [0.1, 0.15) is 21.5 Å². The lowest BCUT2D eigenvalue weighted by atomic mass is 10.0. The van der Waals surface area contributed by atoms with Crippen molar-refractivity contribution in [3.05, 3.63) is 28.8 Å². The Morgan fingerprint density at radius 3 is 2.38 bits per heavy atom. The van der Waals surface area contributed by atoms with Crippen molar-refractivity contribution in [1.82, 2.24) is 0 Å². The highest BCUT2D eigenvalue weighted by molar-refractivity contribution is 5.95. The number of halogens is 3. The molecule has 0 amide bonds. The second kappa shape index (κ2) is 4.03. The van der Waals surface area contributed by atoms with Gasteiger partial charge in [0.05, 0.1) is 18.2 Å². The number of carbonyl (C=O) groups excluding carboxylic acids is 1. The van der Waals surface area contributed by atoms with Crippen molar-refractivity contribution < 1.29 is 22.7 Å². The van der Waals surface area contributed by atoms with E-state index in [-0.39, 0.29) is 16.8 Å². The smallest absolute Gasteiger partial charge is 0.416 e. The van der Waals surface area contributed by atoms with Gasteiger partial charge in [-0.05, 0) is 24.6 Å². The van der Waals surface area contributed by atoms with E-state index in [1.54, 1.807) is 0 Å². The Bertz CT molecular complexity index is 427. The number of carbonyl (C=O) groups is 1. The van der Waals surface area contributed by atoms with Gasteiger partial charge in [0.2, 0.25) is 0 Å². The summed E-state index contributed by atoms with van der Waals surface area (Å²) in [5.41, 5.74) is 4.14. The molecule has 6 heteroatoms. The summed E-state index contributed by atoms with van der Waals surface area (Å²) in [6.45, 7) is 1.26. The topological polar surface area (TPSA) is 52.3 Å². The fraction of sp³-hybridized carbons (Fsp3) is 0.300. The zero-order valence-electron chi connectivity index (χ0n) is 8.68. The van der Waals surface area contributed by atoms with E-state index < -0.39 is 17.7 Å². The molecule has 0 saturated heterocycles. The Morgan fingerprint density at radius 2 is 1.94 bits per heavy atom. The van der Waals surface area contributed by atoms with E-state index in [0.29, 0.717) is 0 Å². The quantitative estimate of drug-likeness (QED) is 0.598. The Hall–Kier alpha value is -1.72. The molecule has 16 heavy (non-hydrogen) atoms. The maximum absolute atomic E-state index is 12.5. The molecule has 0 aliphatic heterocycles. The maximum Gasteiger partial charge on any atom is 0.416 e. The first-order chi connectivity index (χ1) is 7.27. The third-order valence-corrected chi connectivity index (χ3v) is 2.11. The van der Waals surface area contributed by atoms with E-state index in [4.69, 9.17) is 5.73 Å². The highest BCUT2D eigenvalue weighted by Crippen LogP contribution is 2.34. The zero-order chi connectivity index (χ0) is 12.5. The molecule has 0 spiro atoms. The molecule has 0 radical (unpaired) electrons. The van der Waals surface area contributed by atoms with Crippen LogP contribution in [-0.4, -0.2) is 13.1 Å². The maximum atomic E-state index is 12.5. The largest absolute Gasteiger partial charge is 0.465 e. The van der Waals surface area contributed by atoms with Crippen molar-refractivity contribution in [1.29, 1.82) is 0 Å². The molecule has 0 atom stereocenters. The van der Waals surface area contributed by atoms with Gasteiger partial charge in [0.1, 0.15) is 0 Å². The lowest BCUT2D eigenvalue weighted by molar-refractivity contribution is -0.138. The summed E-state index contributed by atoms with van der Waals surface area (Å²) in [5, 5.41) is 0. The molecular weight excluding hydrogens is 223 g/mol. The van der Waals surface area contributed by atoms with Crippen molar-refractivity contribution in [3.8, 4) is 0 Å². The fourth-order valence-electron chi connectivity index (χ4n) is 1.32. The number of nitrogens with two attached hydrogens (primary N) is 1. The first-order valence-corrected chi connectivity index (χ1v) is 4.33. The minimum atomic E-state index is -4.48. The Morgan fingerprint density at radius 1 is 1.38 bits per heavy atom. The number of aryl methyl sites for hydroxylation is 1. The van der Waals surface area contributed by atoms with Gasteiger partial charge >= 0.3 is 12.1 Å². The number of esters is 1. The van der Waals surface area contributed by atoms with E-state index in [2.05, 4.69) is 4.74 Å². The van der Waals surface area contributed by atoms with E-state index in [1.165, 1.54) is 6.92 Å². The highest BCUT2D eigenvalue weighted by Gasteiger charge is 2.33. The summed E-state index contributed by atoms with van der Waals surface area (Å²) in [6.07, 6.45) is -4.48. The number of hydrogen-bond donors (Lipinski definition) is 1. The Labute approximate surface area is 90.0 Å². The van der Waals surface area contributed by atoms with Crippen molar-refractivity contribution in [2.24, 2.45) is 0 Å². The lowest BCUT2D eigenvalue weighted by Gasteiger charge is -2.13. The third-order valence-electron chi connectivity index (χ3n) is 2.11. The van der Waals surface area contributed by atoms with E-state index in [0.717, 1.165) is 19.2 Å². The van der Waals surface area contributed by atoms with Gasteiger partial charge < -0.3 is 10.5 Å². The minimum Gasteiger partial charge on any atom is -0.465 e. The van der Waals surface area contributed by atoms with Crippen LogP contribution in [-0.2, 0) is 10.9 Å². The van der Waals surface area contributed by atoms with Crippen LogP contribution in [0, 0.1) is 6.92 Å². The Kier molecular flexibility index (Phi) is 3.11. The molecule has 1 aromatic rings. The highest BCUT2D eigenvalue weighted by atomic mass is 19.4. The molecule has 3 nitrogen and oxygen atoms in total. The van der Waals surface area contributed by atoms with Crippen LogP contribution in [0.4, 0.5) is 18.9 Å². The van der Waals surface area contributed by atoms with E-state index in [9.17, 15) is 18.0 Å². The summed E-state index contributed by atoms with van der Waals surface area (Å²) in [7, 11) is 1.13. The first kappa shape index (κ1) is 12.4. The SMILES string of the molecule is COC(=O)c1cc(C)c(C(F)(F)F)cc1N. The molecule has 2 N–H and O–H groups in total. The second-order valence-corrected chi connectivity index (χ2v) is 3.24. The monoisotopic (exact) mass is 233 g/mol. The summed E-state index contributed by atoms with van der Waals surface area (Å²) in [6, 6.07) is 1.81. The van der Waals surface area contributed by atoms with Crippen LogP contribution in [0.3, 0.4) is 0 Å². The summed E-state index contributed by atoms with van der Waals surface area (Å²) in [5.74, 6) is -0.755. The van der Waals surface area contributed by atoms with Crippen LogP contribution in [0.5, 0.6) is 0 Å². The van der Waals surface area contributed by atoms with Gasteiger partial charge in [-0.1, -0.05) is 0 Å². The van der Waals surface area contributed by atoms with E-state index in [1.807, 2.05) is 0 Å². The number of nitrogen functional groups attached to an aromatic ring is 1. The van der Waals surface area contributed by atoms with Crippen LogP contribution in [0.25, 0.3) is 0 Å². The number of methoxy groups -OCH3 is 1. The average molecular weight is 233 g/mol. The zero-order valence-corrected chi connectivity index (χ0v) is 8.68. The van der Waals surface area contributed by atoms with Crippen LogP contribution < -0.4 is 5.73 Å². The van der Waals surface area contributed by atoms with Gasteiger partial charge in [0, 0.05) is 5.69 Å². The summed E-state index contributed by atoms with van der Waals surface area (Å²) in [4.78, 5) is 11.2. The molecule has 0 aliphatic carbocycles. The van der Waals surface area contributed by atoms with E-state index >= 15 is 0 Å². The van der Waals surface area contributed by atoms with Gasteiger partial charge in [-0.2, -0.15) is 13.2 Å². The molecular formula is C10H10F3NO2. The number of hydrogen-bond acceptors (Lipinski definition) is 3. The second-order valence-electron chi connectivity index (χ2n) is 3.24. The summed E-state index contributed by atoms with van der Waals surface area (Å²) >= 11 is 0. The predicted octanol–water partition coefficient (Wildman–Crippen LogP) is 2.38. The predicted molar refractivity (Wildman–Crippen MR) is 51.9 cm³/mol.